The van der Waals surface area contributed by atoms with Crippen molar-refractivity contribution in [2.75, 3.05) is 45.3 Å². The number of hydrogen-bond donors (Lipinski definition) is 1. The van der Waals surface area contributed by atoms with Crippen LogP contribution in [0, 0.1) is 11.7 Å². The molecule has 1 atom stereocenters. The third-order valence-corrected chi connectivity index (χ3v) is 9.17. The van der Waals surface area contributed by atoms with Crippen molar-refractivity contribution in [3.63, 3.8) is 0 Å². The molecule has 1 N–H and O–H groups in total. The summed E-state index contributed by atoms with van der Waals surface area (Å²) in [6.07, 6.45) is 10.4. The Morgan fingerprint density at radius 2 is 1.81 bits per heavy atom. The van der Waals surface area contributed by atoms with Gasteiger partial charge in [0.05, 0.1) is 20.6 Å². The van der Waals surface area contributed by atoms with Crippen LogP contribution in [0.4, 0.5) is 10.2 Å². The van der Waals surface area contributed by atoms with Gasteiger partial charge in [-0.2, -0.15) is 0 Å². The van der Waals surface area contributed by atoms with Crippen molar-refractivity contribution in [3.05, 3.63) is 66.1 Å². The Bertz CT molecular complexity index is 1290. The van der Waals surface area contributed by atoms with Crippen LogP contribution in [-0.2, 0) is 16.1 Å². The number of rotatable bonds is 12. The van der Waals surface area contributed by atoms with Crippen molar-refractivity contribution < 1.29 is 18.7 Å². The van der Waals surface area contributed by atoms with E-state index in [1.165, 1.54) is 50.8 Å². The average molecular weight is 577 g/mol. The minimum absolute atomic E-state index is 0.137. The standard InChI is InChI=1S/C34H45FN4O3/c1-41-30-12-8-25(9-13-30)24-39(21-18-36-32(23-33(40)42-2)27-6-4-3-5-7-27)29-15-19-38(20-16-29)34-31-22-28(35)11-10-26(31)14-17-37-34/h8-14,17,22,27,29,32,36H,3-7,15-16,18-21,23-24H2,1-2H3. The lowest BCUT2D eigenvalue weighted by atomic mass is 9.82. The van der Waals surface area contributed by atoms with Crippen LogP contribution in [0.5, 0.6) is 5.75 Å². The SMILES string of the molecule is COC(=O)CC(NCCN(Cc1ccc(OC)cc1)C1CCN(c2nccc3ccc(F)cc23)CC1)C1CCCCC1. The van der Waals surface area contributed by atoms with E-state index in [0.717, 1.165) is 67.9 Å². The van der Waals surface area contributed by atoms with Gasteiger partial charge in [0.15, 0.2) is 0 Å². The molecule has 2 heterocycles. The number of anilines is 1. The zero-order chi connectivity index (χ0) is 29.3. The maximum absolute atomic E-state index is 14.1. The maximum Gasteiger partial charge on any atom is 0.307 e. The molecule has 226 valence electrons. The molecule has 0 radical (unpaired) electrons. The predicted octanol–water partition coefficient (Wildman–Crippen LogP) is 5.96. The van der Waals surface area contributed by atoms with Gasteiger partial charge in [0, 0.05) is 56.4 Å². The fourth-order valence-electron chi connectivity index (χ4n) is 6.77. The Hall–Kier alpha value is -3.23. The number of nitrogens with zero attached hydrogens (tertiary/aromatic N) is 3. The van der Waals surface area contributed by atoms with E-state index in [1.54, 1.807) is 13.2 Å². The van der Waals surface area contributed by atoms with E-state index in [1.807, 2.05) is 30.5 Å². The van der Waals surface area contributed by atoms with Crippen LogP contribution < -0.4 is 15.0 Å². The quantitative estimate of drug-likeness (QED) is 0.267. The largest absolute Gasteiger partial charge is 0.497 e. The number of ether oxygens (including phenoxy) is 2. The number of esters is 1. The van der Waals surface area contributed by atoms with E-state index in [2.05, 4.69) is 32.2 Å². The van der Waals surface area contributed by atoms with Crippen LogP contribution in [-0.4, -0.2) is 68.3 Å². The first kappa shape index (κ1) is 30.2. The monoisotopic (exact) mass is 576 g/mol. The molecule has 1 saturated carbocycles. The van der Waals surface area contributed by atoms with Crippen molar-refractivity contribution >= 4 is 22.6 Å². The number of hydrogen-bond acceptors (Lipinski definition) is 7. The number of pyridine rings is 1. The van der Waals surface area contributed by atoms with Crippen LogP contribution in [0.3, 0.4) is 0 Å². The summed E-state index contributed by atoms with van der Waals surface area (Å²) in [7, 11) is 3.17. The highest BCUT2D eigenvalue weighted by Crippen LogP contribution is 2.30. The van der Waals surface area contributed by atoms with Crippen LogP contribution >= 0.6 is 0 Å². The van der Waals surface area contributed by atoms with Gasteiger partial charge in [-0.15, -0.1) is 0 Å². The van der Waals surface area contributed by atoms with E-state index < -0.39 is 0 Å². The van der Waals surface area contributed by atoms with Crippen LogP contribution in [0.2, 0.25) is 0 Å². The van der Waals surface area contributed by atoms with Gasteiger partial charge in [0.2, 0.25) is 0 Å². The molecule has 3 aromatic rings. The van der Waals surface area contributed by atoms with Gasteiger partial charge in [-0.25, -0.2) is 9.37 Å². The number of halogens is 1. The molecule has 1 aliphatic heterocycles. The van der Waals surface area contributed by atoms with Crippen molar-refractivity contribution in [2.45, 2.75) is 70.0 Å². The summed E-state index contributed by atoms with van der Waals surface area (Å²) < 4.78 is 24.5. The molecule has 0 amide bonds. The zero-order valence-electron chi connectivity index (χ0n) is 25.1. The number of methoxy groups -OCH3 is 2. The lowest BCUT2D eigenvalue weighted by Crippen LogP contribution is -2.48. The third kappa shape index (κ3) is 7.78. The first-order chi connectivity index (χ1) is 20.5. The summed E-state index contributed by atoms with van der Waals surface area (Å²) in [6.45, 7) is 4.29. The Labute approximate surface area is 249 Å². The Morgan fingerprint density at radius 3 is 2.52 bits per heavy atom. The Kier molecular flexibility index (Phi) is 10.6. The first-order valence-electron chi connectivity index (χ1n) is 15.5. The van der Waals surface area contributed by atoms with Gasteiger partial charge < -0.3 is 19.7 Å². The molecule has 1 aliphatic carbocycles. The van der Waals surface area contributed by atoms with Crippen LogP contribution in [0.1, 0.15) is 56.9 Å². The summed E-state index contributed by atoms with van der Waals surface area (Å²) in [6, 6.07) is 15.8. The molecule has 7 nitrogen and oxygen atoms in total. The molecule has 1 unspecified atom stereocenters. The number of carbonyl (C=O) groups is 1. The fraction of sp³-hybridized carbons (Fsp3) is 0.529. The minimum Gasteiger partial charge on any atom is -0.497 e. The highest BCUT2D eigenvalue weighted by Gasteiger charge is 2.28. The summed E-state index contributed by atoms with van der Waals surface area (Å²) in [5, 5.41) is 5.65. The van der Waals surface area contributed by atoms with E-state index in [4.69, 9.17) is 9.47 Å². The number of piperidine rings is 1. The van der Waals surface area contributed by atoms with Gasteiger partial charge in [-0.05, 0) is 72.9 Å². The normalized spacial score (nSPS) is 17.5. The van der Waals surface area contributed by atoms with E-state index in [-0.39, 0.29) is 17.8 Å². The molecular weight excluding hydrogens is 531 g/mol. The number of benzene rings is 2. The highest BCUT2D eigenvalue weighted by atomic mass is 19.1. The van der Waals surface area contributed by atoms with Gasteiger partial charge in [-0.3, -0.25) is 9.69 Å². The Morgan fingerprint density at radius 1 is 1.05 bits per heavy atom. The topological polar surface area (TPSA) is 66.9 Å². The maximum atomic E-state index is 14.1. The molecule has 1 aromatic heterocycles. The van der Waals surface area contributed by atoms with Gasteiger partial charge in [0.1, 0.15) is 17.4 Å². The second-order valence-electron chi connectivity index (χ2n) is 11.8. The van der Waals surface area contributed by atoms with Gasteiger partial charge in [-0.1, -0.05) is 37.5 Å². The summed E-state index contributed by atoms with van der Waals surface area (Å²) in [4.78, 5) is 21.8. The molecule has 2 aromatic carbocycles. The van der Waals surface area contributed by atoms with E-state index in [9.17, 15) is 9.18 Å². The van der Waals surface area contributed by atoms with Crippen molar-refractivity contribution in [2.24, 2.45) is 5.92 Å². The molecule has 42 heavy (non-hydrogen) atoms. The number of carbonyl (C=O) groups excluding carboxylic acids is 1. The second-order valence-corrected chi connectivity index (χ2v) is 11.8. The molecule has 8 heteroatoms. The van der Waals surface area contributed by atoms with Crippen molar-refractivity contribution in [3.8, 4) is 5.75 Å². The van der Waals surface area contributed by atoms with Crippen molar-refractivity contribution in [1.82, 2.24) is 15.2 Å². The number of aromatic nitrogens is 1. The number of nitrogens with one attached hydrogen (secondary N) is 1. The first-order valence-corrected chi connectivity index (χ1v) is 15.5. The third-order valence-electron chi connectivity index (χ3n) is 9.17. The van der Waals surface area contributed by atoms with Gasteiger partial charge >= 0.3 is 5.97 Å². The summed E-state index contributed by atoms with van der Waals surface area (Å²) >= 11 is 0. The smallest absolute Gasteiger partial charge is 0.307 e. The molecule has 5 rings (SSSR count). The van der Waals surface area contributed by atoms with E-state index in [0.29, 0.717) is 18.4 Å². The van der Waals surface area contributed by atoms with Crippen LogP contribution in [0.25, 0.3) is 10.8 Å². The summed E-state index contributed by atoms with van der Waals surface area (Å²) in [5.41, 5.74) is 1.25. The molecule has 2 fully saturated rings. The predicted molar refractivity (Wildman–Crippen MR) is 165 cm³/mol. The molecule has 2 aliphatic rings. The van der Waals surface area contributed by atoms with Gasteiger partial charge in [0.25, 0.3) is 0 Å². The molecule has 0 bridgehead atoms. The van der Waals surface area contributed by atoms with Crippen LogP contribution in [0.15, 0.2) is 54.7 Å². The highest BCUT2D eigenvalue weighted by molar-refractivity contribution is 5.92. The lowest BCUT2D eigenvalue weighted by Gasteiger charge is -2.40. The molecule has 1 saturated heterocycles. The van der Waals surface area contributed by atoms with E-state index >= 15 is 0 Å². The summed E-state index contributed by atoms with van der Waals surface area (Å²) in [5.74, 6) is 1.88. The zero-order valence-corrected chi connectivity index (χ0v) is 25.1. The number of fused-ring (bicyclic) bond motifs is 1. The second kappa shape index (κ2) is 14.8. The minimum atomic E-state index is -0.233. The van der Waals surface area contributed by atoms with Crippen molar-refractivity contribution in [1.29, 1.82) is 0 Å². The lowest BCUT2D eigenvalue weighted by molar-refractivity contribution is -0.141. The fourth-order valence-corrected chi connectivity index (χ4v) is 6.77. The molecular formula is C34H45FN4O3. The average Bonchev–Trinajstić information content (AvgIpc) is 3.04. The Balaban J connectivity index is 1.26. The molecule has 0 spiro atoms.